The van der Waals surface area contributed by atoms with Crippen LogP contribution in [0.2, 0.25) is 0 Å². The van der Waals surface area contributed by atoms with Crippen LogP contribution in [-0.4, -0.2) is 43.6 Å². The normalized spacial score (nSPS) is 17.4. The molecule has 27 heavy (non-hydrogen) atoms. The summed E-state index contributed by atoms with van der Waals surface area (Å²) >= 11 is 0. The van der Waals surface area contributed by atoms with Crippen LogP contribution in [0.3, 0.4) is 0 Å². The maximum atomic E-state index is 13.8. The number of aromatic nitrogens is 4. The van der Waals surface area contributed by atoms with Gasteiger partial charge < -0.3 is 4.90 Å². The van der Waals surface area contributed by atoms with E-state index in [1.54, 1.807) is 11.0 Å². The summed E-state index contributed by atoms with van der Waals surface area (Å²) in [6.45, 7) is 4.95. The molecule has 0 radical (unpaired) electrons. The molecular formula is C20H20FN5O. The summed E-state index contributed by atoms with van der Waals surface area (Å²) in [7, 11) is 0. The Balaban J connectivity index is 1.46. The fraction of sp³-hybridized carbons (Fsp3) is 0.400. The van der Waals surface area contributed by atoms with Gasteiger partial charge in [-0.15, -0.1) is 0 Å². The molecule has 1 aliphatic carbocycles. The standard InChI is InChI=1S/C20H20FN5O/c1-11-22-12(2)26(24-11)15-9-25(10-15)20(27)17-8-19(13-3-4-13)23-18-6-5-14(21)7-16(17)18/h5-8,13,15H,3-4,9-10H2,1-2H3. The molecule has 0 bridgehead atoms. The van der Waals surface area contributed by atoms with Crippen molar-refractivity contribution >= 4 is 16.8 Å². The minimum atomic E-state index is -0.354. The monoisotopic (exact) mass is 365 g/mol. The van der Waals surface area contributed by atoms with Crippen molar-refractivity contribution in [3.63, 3.8) is 0 Å². The van der Waals surface area contributed by atoms with Gasteiger partial charge in [0, 0.05) is 30.1 Å². The van der Waals surface area contributed by atoms with Crippen molar-refractivity contribution in [2.75, 3.05) is 13.1 Å². The van der Waals surface area contributed by atoms with Crippen molar-refractivity contribution in [3.8, 4) is 0 Å². The summed E-state index contributed by atoms with van der Waals surface area (Å²) < 4.78 is 15.7. The Bertz CT molecular complexity index is 1070. The van der Waals surface area contributed by atoms with Gasteiger partial charge in [-0.2, -0.15) is 5.10 Å². The summed E-state index contributed by atoms with van der Waals surface area (Å²) in [6, 6.07) is 6.47. The fourth-order valence-electron chi connectivity index (χ4n) is 3.81. The number of carbonyl (C=O) groups is 1. The topological polar surface area (TPSA) is 63.9 Å². The van der Waals surface area contributed by atoms with Gasteiger partial charge >= 0.3 is 0 Å². The molecule has 2 aliphatic rings. The highest BCUT2D eigenvalue weighted by atomic mass is 19.1. The molecule has 0 N–H and O–H groups in total. The number of halogens is 1. The molecule has 0 spiro atoms. The number of fused-ring (bicyclic) bond motifs is 1. The number of nitrogens with zero attached hydrogens (tertiary/aromatic N) is 5. The maximum absolute atomic E-state index is 13.8. The third-order valence-electron chi connectivity index (χ3n) is 5.42. The van der Waals surface area contributed by atoms with E-state index in [1.807, 2.05) is 24.6 Å². The molecule has 3 heterocycles. The van der Waals surface area contributed by atoms with Gasteiger partial charge in [-0.3, -0.25) is 9.78 Å². The second-order valence-corrected chi connectivity index (χ2v) is 7.55. The van der Waals surface area contributed by atoms with E-state index in [9.17, 15) is 9.18 Å². The Kier molecular flexibility index (Phi) is 3.54. The molecule has 1 aromatic carbocycles. The number of rotatable bonds is 3. The van der Waals surface area contributed by atoms with Gasteiger partial charge in [-0.25, -0.2) is 14.1 Å². The number of likely N-dealkylation sites (tertiary alicyclic amines) is 1. The fourth-order valence-corrected chi connectivity index (χ4v) is 3.81. The van der Waals surface area contributed by atoms with Crippen molar-refractivity contribution in [2.24, 2.45) is 0 Å². The largest absolute Gasteiger partial charge is 0.334 e. The molecule has 1 saturated carbocycles. The first-order chi connectivity index (χ1) is 13.0. The zero-order chi connectivity index (χ0) is 18.7. The van der Waals surface area contributed by atoms with E-state index in [0.29, 0.717) is 35.5 Å². The smallest absolute Gasteiger partial charge is 0.254 e. The van der Waals surface area contributed by atoms with Crippen molar-refractivity contribution in [2.45, 2.75) is 38.6 Å². The quantitative estimate of drug-likeness (QED) is 0.715. The van der Waals surface area contributed by atoms with Crippen LogP contribution in [0.1, 0.15) is 52.5 Å². The highest BCUT2D eigenvalue weighted by molar-refractivity contribution is 6.06. The summed E-state index contributed by atoms with van der Waals surface area (Å²) in [5, 5.41) is 5.00. The summed E-state index contributed by atoms with van der Waals surface area (Å²) in [4.78, 5) is 23.9. The lowest BCUT2D eigenvalue weighted by Gasteiger charge is -2.39. The molecule has 0 atom stereocenters. The van der Waals surface area contributed by atoms with E-state index in [4.69, 9.17) is 0 Å². The highest BCUT2D eigenvalue weighted by Crippen LogP contribution is 2.40. The van der Waals surface area contributed by atoms with Crippen LogP contribution in [-0.2, 0) is 0 Å². The van der Waals surface area contributed by atoms with Gasteiger partial charge in [0.15, 0.2) is 0 Å². The van der Waals surface area contributed by atoms with Gasteiger partial charge in [0.05, 0.1) is 17.1 Å². The molecule has 2 fully saturated rings. The van der Waals surface area contributed by atoms with E-state index in [2.05, 4.69) is 15.1 Å². The number of hydrogen-bond acceptors (Lipinski definition) is 4. The van der Waals surface area contributed by atoms with Gasteiger partial charge in [0.2, 0.25) is 0 Å². The van der Waals surface area contributed by atoms with Crippen molar-refractivity contribution in [3.05, 3.63) is 53.0 Å². The van der Waals surface area contributed by atoms with E-state index in [-0.39, 0.29) is 17.8 Å². The molecule has 1 aliphatic heterocycles. The van der Waals surface area contributed by atoms with Crippen LogP contribution in [0.4, 0.5) is 4.39 Å². The summed E-state index contributed by atoms with van der Waals surface area (Å²) in [6.07, 6.45) is 2.20. The van der Waals surface area contributed by atoms with Crippen LogP contribution in [0.15, 0.2) is 24.3 Å². The number of aryl methyl sites for hydroxylation is 2. The molecule has 0 unspecified atom stereocenters. The Morgan fingerprint density at radius 3 is 2.59 bits per heavy atom. The third-order valence-corrected chi connectivity index (χ3v) is 5.42. The van der Waals surface area contributed by atoms with Crippen molar-refractivity contribution < 1.29 is 9.18 Å². The second-order valence-electron chi connectivity index (χ2n) is 7.55. The zero-order valence-electron chi connectivity index (χ0n) is 15.3. The Morgan fingerprint density at radius 1 is 1.15 bits per heavy atom. The molecule has 138 valence electrons. The molecule has 5 rings (SSSR count). The molecule has 1 saturated heterocycles. The van der Waals surface area contributed by atoms with Gasteiger partial charge in [0.25, 0.3) is 5.91 Å². The minimum absolute atomic E-state index is 0.0689. The van der Waals surface area contributed by atoms with Crippen LogP contribution >= 0.6 is 0 Å². The second kappa shape index (κ2) is 5.84. The van der Waals surface area contributed by atoms with Gasteiger partial charge in [-0.05, 0) is 51.0 Å². The molecule has 7 heteroatoms. The Morgan fingerprint density at radius 2 is 1.93 bits per heavy atom. The van der Waals surface area contributed by atoms with E-state index in [1.165, 1.54) is 12.1 Å². The number of benzene rings is 1. The van der Waals surface area contributed by atoms with Crippen LogP contribution in [0.25, 0.3) is 10.9 Å². The molecule has 1 amide bonds. The zero-order valence-corrected chi connectivity index (χ0v) is 15.3. The van der Waals surface area contributed by atoms with E-state index < -0.39 is 0 Å². The van der Waals surface area contributed by atoms with Crippen molar-refractivity contribution in [1.82, 2.24) is 24.6 Å². The summed E-state index contributed by atoms with van der Waals surface area (Å²) in [5.41, 5.74) is 2.17. The number of pyridine rings is 1. The summed E-state index contributed by atoms with van der Waals surface area (Å²) in [5.74, 6) is 1.60. The lowest BCUT2D eigenvalue weighted by atomic mass is 10.0. The van der Waals surface area contributed by atoms with Crippen LogP contribution < -0.4 is 0 Å². The SMILES string of the molecule is Cc1nc(C)n(C2CN(C(=O)c3cc(C4CC4)nc4ccc(F)cc34)C2)n1. The first-order valence-electron chi connectivity index (χ1n) is 9.29. The van der Waals surface area contributed by atoms with E-state index >= 15 is 0 Å². The van der Waals surface area contributed by atoms with Crippen LogP contribution in [0, 0.1) is 19.7 Å². The van der Waals surface area contributed by atoms with Gasteiger partial charge in [-0.1, -0.05) is 0 Å². The predicted molar refractivity (Wildman–Crippen MR) is 98.1 cm³/mol. The minimum Gasteiger partial charge on any atom is -0.334 e. The van der Waals surface area contributed by atoms with Crippen LogP contribution in [0.5, 0.6) is 0 Å². The molecular weight excluding hydrogens is 345 g/mol. The first-order valence-corrected chi connectivity index (χ1v) is 9.29. The third kappa shape index (κ3) is 2.78. The lowest BCUT2D eigenvalue weighted by molar-refractivity contribution is 0.0498. The lowest BCUT2D eigenvalue weighted by Crippen LogP contribution is -2.51. The predicted octanol–water partition coefficient (Wildman–Crippen LogP) is 3.16. The number of amides is 1. The van der Waals surface area contributed by atoms with Gasteiger partial charge in [0.1, 0.15) is 17.5 Å². The molecule has 2 aromatic heterocycles. The Hall–Kier alpha value is -2.83. The highest BCUT2D eigenvalue weighted by Gasteiger charge is 2.35. The number of hydrogen-bond donors (Lipinski definition) is 0. The average Bonchev–Trinajstić information content (AvgIpc) is 3.38. The molecule has 6 nitrogen and oxygen atoms in total. The maximum Gasteiger partial charge on any atom is 0.254 e. The molecule has 3 aromatic rings. The Labute approximate surface area is 156 Å². The van der Waals surface area contributed by atoms with E-state index in [0.717, 1.165) is 30.2 Å². The van der Waals surface area contributed by atoms with Crippen molar-refractivity contribution in [1.29, 1.82) is 0 Å². The first kappa shape index (κ1) is 16.4. The average molecular weight is 365 g/mol. The number of carbonyl (C=O) groups excluding carboxylic acids is 1.